The molecule has 11 heteroatoms. The van der Waals surface area contributed by atoms with Crippen molar-refractivity contribution >= 4 is 17.8 Å². The SMILES string of the molecule is COc1ccc(F)cc1C(=O)NCc1ccc(-c2nn(C[C@@H]3CCN(C(=O)O)C3)c(N)c2C#N)cc1. The number of aromatic nitrogens is 2. The minimum atomic E-state index is -0.948. The zero-order valence-electron chi connectivity index (χ0n) is 19.6. The van der Waals surface area contributed by atoms with Crippen LogP contribution in [-0.4, -0.2) is 52.0 Å². The number of hydrogen-bond acceptors (Lipinski definition) is 6. The van der Waals surface area contributed by atoms with Crippen molar-refractivity contribution in [2.45, 2.75) is 19.5 Å². The predicted octanol–water partition coefficient (Wildman–Crippen LogP) is 3.08. The number of nitriles is 1. The molecule has 1 atom stereocenters. The first-order valence-corrected chi connectivity index (χ1v) is 11.3. The minimum absolute atomic E-state index is 0.0606. The molecule has 2 amide bonds. The van der Waals surface area contributed by atoms with E-state index in [4.69, 9.17) is 15.6 Å². The largest absolute Gasteiger partial charge is 0.496 e. The summed E-state index contributed by atoms with van der Waals surface area (Å²) in [5.74, 6) is -0.437. The van der Waals surface area contributed by atoms with Crippen molar-refractivity contribution in [1.82, 2.24) is 20.0 Å². The molecule has 0 saturated carbocycles. The van der Waals surface area contributed by atoms with Crippen molar-refractivity contribution in [2.75, 3.05) is 25.9 Å². The van der Waals surface area contributed by atoms with Crippen molar-refractivity contribution in [3.63, 3.8) is 0 Å². The summed E-state index contributed by atoms with van der Waals surface area (Å²) in [4.78, 5) is 25.0. The van der Waals surface area contributed by atoms with Gasteiger partial charge in [-0.25, -0.2) is 13.9 Å². The Hall–Kier alpha value is -4.59. The number of anilines is 1. The molecule has 1 saturated heterocycles. The van der Waals surface area contributed by atoms with Crippen LogP contribution in [0.5, 0.6) is 5.75 Å². The van der Waals surface area contributed by atoms with E-state index in [9.17, 15) is 19.2 Å². The maximum absolute atomic E-state index is 13.6. The fourth-order valence-corrected chi connectivity index (χ4v) is 4.24. The highest BCUT2D eigenvalue weighted by atomic mass is 19.1. The van der Waals surface area contributed by atoms with Gasteiger partial charge in [0.25, 0.3) is 5.91 Å². The average Bonchev–Trinajstić information content (AvgIpc) is 3.47. The van der Waals surface area contributed by atoms with Gasteiger partial charge in [-0.1, -0.05) is 24.3 Å². The van der Waals surface area contributed by atoms with Crippen molar-refractivity contribution in [3.8, 4) is 23.1 Å². The monoisotopic (exact) mass is 492 g/mol. The second kappa shape index (κ2) is 10.4. The summed E-state index contributed by atoms with van der Waals surface area (Å²) in [7, 11) is 1.41. The molecule has 36 heavy (non-hydrogen) atoms. The lowest BCUT2D eigenvalue weighted by atomic mass is 10.1. The quantitative estimate of drug-likeness (QED) is 0.459. The Morgan fingerprint density at radius 1 is 1.31 bits per heavy atom. The molecule has 1 fully saturated rings. The molecular formula is C25H25FN6O4. The van der Waals surface area contributed by atoms with E-state index in [1.54, 1.807) is 28.9 Å². The number of nitrogen functional groups attached to an aromatic ring is 1. The summed E-state index contributed by atoms with van der Waals surface area (Å²) in [6.07, 6.45) is -0.249. The molecule has 2 aromatic carbocycles. The van der Waals surface area contributed by atoms with E-state index in [2.05, 4.69) is 16.5 Å². The third-order valence-corrected chi connectivity index (χ3v) is 6.18. The van der Waals surface area contributed by atoms with Crippen LogP contribution < -0.4 is 15.8 Å². The lowest BCUT2D eigenvalue weighted by Crippen LogP contribution is -2.27. The molecule has 2 heterocycles. The highest BCUT2D eigenvalue weighted by Crippen LogP contribution is 2.29. The molecule has 1 aromatic heterocycles. The van der Waals surface area contributed by atoms with Gasteiger partial charge < -0.3 is 25.8 Å². The topological polar surface area (TPSA) is 146 Å². The van der Waals surface area contributed by atoms with Gasteiger partial charge in [0.05, 0.1) is 12.7 Å². The fourth-order valence-electron chi connectivity index (χ4n) is 4.24. The molecule has 4 N–H and O–H groups in total. The molecule has 0 radical (unpaired) electrons. The highest BCUT2D eigenvalue weighted by molar-refractivity contribution is 5.96. The normalized spacial score (nSPS) is 14.9. The highest BCUT2D eigenvalue weighted by Gasteiger charge is 2.28. The second-order valence-corrected chi connectivity index (χ2v) is 8.51. The molecule has 0 unspecified atom stereocenters. The van der Waals surface area contributed by atoms with Crippen LogP contribution in [0.1, 0.15) is 27.9 Å². The van der Waals surface area contributed by atoms with Gasteiger partial charge in [-0.2, -0.15) is 10.4 Å². The Balaban J connectivity index is 1.45. The molecule has 0 spiro atoms. The van der Waals surface area contributed by atoms with E-state index in [1.807, 2.05) is 0 Å². The van der Waals surface area contributed by atoms with Crippen LogP contribution in [0.25, 0.3) is 11.3 Å². The molecule has 0 aliphatic carbocycles. The van der Waals surface area contributed by atoms with Gasteiger partial charge in [0.2, 0.25) is 0 Å². The number of rotatable bonds is 7. The summed E-state index contributed by atoms with van der Waals surface area (Å²) < 4.78 is 20.3. The molecular weight excluding hydrogens is 467 g/mol. The van der Waals surface area contributed by atoms with Crippen molar-refractivity contribution in [1.29, 1.82) is 5.26 Å². The van der Waals surface area contributed by atoms with Gasteiger partial charge in [0, 0.05) is 31.7 Å². The van der Waals surface area contributed by atoms with E-state index >= 15 is 0 Å². The van der Waals surface area contributed by atoms with Gasteiger partial charge in [0.15, 0.2) is 0 Å². The number of carboxylic acid groups (broad SMARTS) is 1. The first-order chi connectivity index (χ1) is 17.3. The summed E-state index contributed by atoms with van der Waals surface area (Å²) >= 11 is 0. The standard InChI is InChI=1S/C25H25FN6O4/c1-36-21-7-6-18(26)10-19(21)24(33)29-12-15-2-4-17(5-3-15)22-20(11-27)23(28)32(30-22)14-16-8-9-31(13-16)25(34)35/h2-7,10,16H,8-9,12-14,28H2,1H3,(H,29,33)(H,34,35)/t16-/m1/s1. The predicted molar refractivity (Wildman–Crippen MR) is 129 cm³/mol. The number of ether oxygens (including phenoxy) is 1. The number of likely N-dealkylation sites (tertiary alicyclic amines) is 1. The van der Waals surface area contributed by atoms with Crippen molar-refractivity contribution < 1.29 is 23.8 Å². The molecule has 186 valence electrons. The Morgan fingerprint density at radius 2 is 2.06 bits per heavy atom. The van der Waals surface area contributed by atoms with E-state index < -0.39 is 17.8 Å². The number of hydrogen-bond donors (Lipinski definition) is 3. The maximum atomic E-state index is 13.6. The van der Waals surface area contributed by atoms with Crippen LogP contribution in [-0.2, 0) is 13.1 Å². The van der Waals surface area contributed by atoms with Crippen LogP contribution in [0.15, 0.2) is 42.5 Å². The first kappa shape index (κ1) is 24.5. The van der Waals surface area contributed by atoms with Crippen LogP contribution in [0.2, 0.25) is 0 Å². The van der Waals surface area contributed by atoms with Gasteiger partial charge in [0.1, 0.15) is 34.7 Å². The number of methoxy groups -OCH3 is 1. The third kappa shape index (κ3) is 5.07. The number of carbonyl (C=O) groups is 2. The Bertz CT molecular complexity index is 1330. The Kier molecular flexibility index (Phi) is 7.05. The lowest BCUT2D eigenvalue weighted by Gasteiger charge is -2.13. The van der Waals surface area contributed by atoms with Crippen LogP contribution >= 0.6 is 0 Å². The van der Waals surface area contributed by atoms with Crippen molar-refractivity contribution in [3.05, 3.63) is 65.0 Å². The van der Waals surface area contributed by atoms with Gasteiger partial charge >= 0.3 is 6.09 Å². The molecule has 1 aliphatic rings. The molecule has 3 aromatic rings. The number of benzene rings is 2. The number of nitrogens with two attached hydrogens (primary N) is 1. The molecule has 0 bridgehead atoms. The smallest absolute Gasteiger partial charge is 0.407 e. The second-order valence-electron chi connectivity index (χ2n) is 8.51. The summed E-state index contributed by atoms with van der Waals surface area (Å²) in [5.41, 5.74) is 8.44. The number of nitrogens with zero attached hydrogens (tertiary/aromatic N) is 4. The molecule has 4 rings (SSSR count). The van der Waals surface area contributed by atoms with E-state index in [0.29, 0.717) is 37.3 Å². The summed E-state index contributed by atoms with van der Waals surface area (Å²) in [6.45, 7) is 1.47. The van der Waals surface area contributed by atoms with Crippen LogP contribution in [0, 0.1) is 23.1 Å². The van der Waals surface area contributed by atoms with Crippen LogP contribution in [0.4, 0.5) is 15.0 Å². The minimum Gasteiger partial charge on any atom is -0.496 e. The summed E-state index contributed by atoms with van der Waals surface area (Å²) in [5, 5.41) is 26.1. The number of carbonyl (C=O) groups excluding carboxylic acids is 1. The average molecular weight is 493 g/mol. The maximum Gasteiger partial charge on any atom is 0.407 e. The number of amides is 2. The van der Waals surface area contributed by atoms with E-state index in [-0.39, 0.29) is 35.2 Å². The van der Waals surface area contributed by atoms with E-state index in [0.717, 1.165) is 11.6 Å². The third-order valence-electron chi connectivity index (χ3n) is 6.18. The van der Waals surface area contributed by atoms with Gasteiger partial charge in [-0.05, 0) is 36.1 Å². The Labute approximate surface area is 206 Å². The zero-order chi connectivity index (χ0) is 25.8. The van der Waals surface area contributed by atoms with Crippen molar-refractivity contribution in [2.24, 2.45) is 5.92 Å². The Morgan fingerprint density at radius 3 is 2.69 bits per heavy atom. The molecule has 1 aliphatic heterocycles. The zero-order valence-corrected chi connectivity index (χ0v) is 19.6. The molecule has 10 nitrogen and oxygen atoms in total. The van der Waals surface area contributed by atoms with Gasteiger partial charge in [-0.3, -0.25) is 4.79 Å². The first-order valence-electron chi connectivity index (χ1n) is 11.3. The summed E-state index contributed by atoms with van der Waals surface area (Å²) in [6, 6.07) is 13.0. The number of halogens is 1. The number of nitrogens with one attached hydrogen (secondary N) is 1. The fraction of sp³-hybridized carbons (Fsp3) is 0.280. The lowest BCUT2D eigenvalue weighted by molar-refractivity contribution is 0.0947. The van der Waals surface area contributed by atoms with Gasteiger partial charge in [-0.15, -0.1) is 0 Å². The van der Waals surface area contributed by atoms with Crippen LogP contribution in [0.3, 0.4) is 0 Å². The van der Waals surface area contributed by atoms with E-state index in [1.165, 1.54) is 24.1 Å².